The van der Waals surface area contributed by atoms with Gasteiger partial charge in [-0.2, -0.15) is 0 Å². The van der Waals surface area contributed by atoms with Crippen LogP contribution in [0.15, 0.2) is 48.5 Å². The highest BCUT2D eigenvalue weighted by Gasteiger charge is 2.15. The fourth-order valence-corrected chi connectivity index (χ4v) is 1.89. The van der Waals surface area contributed by atoms with E-state index in [0.717, 1.165) is 16.9 Å². The molecule has 3 heteroatoms. The maximum atomic E-state index is 6.23. The van der Waals surface area contributed by atoms with Crippen molar-refractivity contribution >= 4 is 5.69 Å². The van der Waals surface area contributed by atoms with E-state index in [2.05, 4.69) is 0 Å². The molecule has 0 saturated carbocycles. The lowest BCUT2D eigenvalue weighted by Gasteiger charge is -2.17. The van der Waals surface area contributed by atoms with Crippen LogP contribution in [0.4, 0.5) is 5.69 Å². The summed E-state index contributed by atoms with van der Waals surface area (Å²) in [4.78, 5) is 0. The van der Waals surface area contributed by atoms with E-state index >= 15 is 0 Å². The number of hydrogen-bond acceptors (Lipinski definition) is 3. The fraction of sp³-hybridized carbons (Fsp3) is 0.143. The first-order valence-corrected chi connectivity index (χ1v) is 5.47. The van der Waals surface area contributed by atoms with Crippen molar-refractivity contribution in [3.8, 4) is 5.75 Å². The van der Waals surface area contributed by atoms with Crippen LogP contribution in [0.1, 0.15) is 17.2 Å². The van der Waals surface area contributed by atoms with E-state index in [4.69, 9.17) is 16.2 Å². The molecule has 2 aromatic rings. The molecule has 0 amide bonds. The smallest absolute Gasteiger partial charge is 0.123 e. The molecule has 0 fully saturated rings. The Morgan fingerprint density at radius 1 is 0.941 bits per heavy atom. The summed E-state index contributed by atoms with van der Waals surface area (Å²) >= 11 is 0. The average Bonchev–Trinajstić information content (AvgIpc) is 2.38. The van der Waals surface area contributed by atoms with Crippen LogP contribution >= 0.6 is 0 Å². The molecule has 0 saturated heterocycles. The Hall–Kier alpha value is -2.00. The standard InChI is InChI=1S/C14H16N2O/c1-17-13-9-5-3-7-11(13)14(16)10-6-2-4-8-12(10)15/h2-9,14H,15-16H2,1H3. The van der Waals surface area contributed by atoms with Gasteiger partial charge in [0.25, 0.3) is 0 Å². The molecule has 4 N–H and O–H groups in total. The van der Waals surface area contributed by atoms with Crippen LogP contribution in [-0.4, -0.2) is 7.11 Å². The van der Waals surface area contributed by atoms with Crippen molar-refractivity contribution in [3.05, 3.63) is 59.7 Å². The zero-order chi connectivity index (χ0) is 12.3. The van der Waals surface area contributed by atoms with Crippen LogP contribution in [0.5, 0.6) is 5.75 Å². The lowest BCUT2D eigenvalue weighted by atomic mass is 9.97. The molecule has 0 bridgehead atoms. The number of rotatable bonds is 3. The number of benzene rings is 2. The molecule has 0 aliphatic rings. The first-order valence-electron chi connectivity index (χ1n) is 5.47. The predicted octanol–water partition coefficient (Wildman–Crippen LogP) is 2.33. The van der Waals surface area contributed by atoms with Crippen molar-refractivity contribution in [2.75, 3.05) is 12.8 Å². The molecule has 3 nitrogen and oxygen atoms in total. The van der Waals surface area contributed by atoms with Gasteiger partial charge in [-0.05, 0) is 17.7 Å². The monoisotopic (exact) mass is 228 g/mol. The molecular weight excluding hydrogens is 212 g/mol. The van der Waals surface area contributed by atoms with Crippen LogP contribution in [0, 0.1) is 0 Å². The number of ether oxygens (including phenoxy) is 1. The van der Waals surface area contributed by atoms with Crippen LogP contribution in [-0.2, 0) is 0 Å². The first-order chi connectivity index (χ1) is 8.24. The van der Waals surface area contributed by atoms with E-state index in [1.54, 1.807) is 7.11 Å². The van der Waals surface area contributed by atoms with E-state index in [1.807, 2.05) is 48.5 Å². The zero-order valence-electron chi connectivity index (χ0n) is 9.76. The van der Waals surface area contributed by atoms with Crippen molar-refractivity contribution < 1.29 is 4.74 Å². The number of anilines is 1. The average molecular weight is 228 g/mol. The minimum Gasteiger partial charge on any atom is -0.496 e. The van der Waals surface area contributed by atoms with Gasteiger partial charge in [-0.25, -0.2) is 0 Å². The van der Waals surface area contributed by atoms with Crippen molar-refractivity contribution in [1.82, 2.24) is 0 Å². The number of nitrogens with two attached hydrogens (primary N) is 2. The number of para-hydroxylation sites is 2. The van der Waals surface area contributed by atoms with Crippen molar-refractivity contribution in [2.45, 2.75) is 6.04 Å². The summed E-state index contributed by atoms with van der Waals surface area (Å²) < 4.78 is 5.31. The third kappa shape index (κ3) is 2.24. The van der Waals surface area contributed by atoms with Gasteiger partial charge < -0.3 is 16.2 Å². The first kappa shape index (κ1) is 11.5. The minimum absolute atomic E-state index is 0.271. The Morgan fingerprint density at radius 2 is 1.53 bits per heavy atom. The molecule has 0 aromatic heterocycles. The summed E-state index contributed by atoms with van der Waals surface area (Å²) in [5.41, 5.74) is 14.7. The second-order valence-corrected chi connectivity index (χ2v) is 3.85. The van der Waals surface area contributed by atoms with Gasteiger partial charge in [0, 0.05) is 11.3 Å². The summed E-state index contributed by atoms with van der Waals surface area (Å²) in [5, 5.41) is 0. The molecule has 0 spiro atoms. The highest BCUT2D eigenvalue weighted by Crippen LogP contribution is 2.30. The summed E-state index contributed by atoms with van der Waals surface area (Å²) in [6.07, 6.45) is 0. The molecule has 0 aliphatic carbocycles. The molecule has 0 heterocycles. The molecule has 1 atom stereocenters. The summed E-state index contributed by atoms with van der Waals surface area (Å²) in [7, 11) is 1.64. The van der Waals surface area contributed by atoms with Crippen LogP contribution < -0.4 is 16.2 Å². The van der Waals surface area contributed by atoms with Gasteiger partial charge in [0.05, 0.1) is 13.2 Å². The third-order valence-electron chi connectivity index (χ3n) is 2.81. The number of methoxy groups -OCH3 is 1. The Morgan fingerprint density at radius 3 is 2.18 bits per heavy atom. The number of nitrogen functional groups attached to an aromatic ring is 1. The summed E-state index contributed by atoms with van der Waals surface area (Å²) in [6, 6.07) is 15.1. The SMILES string of the molecule is COc1ccccc1C(N)c1ccccc1N. The van der Waals surface area contributed by atoms with E-state index in [9.17, 15) is 0 Å². The van der Waals surface area contributed by atoms with Crippen LogP contribution in [0.25, 0.3) is 0 Å². The van der Waals surface area contributed by atoms with Gasteiger partial charge >= 0.3 is 0 Å². The predicted molar refractivity (Wildman–Crippen MR) is 69.9 cm³/mol. The Kier molecular flexibility index (Phi) is 3.30. The normalized spacial score (nSPS) is 12.1. The zero-order valence-corrected chi connectivity index (χ0v) is 9.76. The van der Waals surface area contributed by atoms with Crippen molar-refractivity contribution in [3.63, 3.8) is 0 Å². The van der Waals surface area contributed by atoms with E-state index in [1.165, 1.54) is 0 Å². The van der Waals surface area contributed by atoms with Crippen LogP contribution in [0.2, 0.25) is 0 Å². The Bertz CT molecular complexity index is 511. The highest BCUT2D eigenvalue weighted by molar-refractivity contribution is 5.53. The van der Waals surface area contributed by atoms with Gasteiger partial charge in [-0.15, -0.1) is 0 Å². The Labute approximate surface area is 101 Å². The van der Waals surface area contributed by atoms with Crippen molar-refractivity contribution in [2.24, 2.45) is 5.73 Å². The summed E-state index contributed by atoms with van der Waals surface area (Å²) in [6.45, 7) is 0. The van der Waals surface area contributed by atoms with Gasteiger partial charge in [0.1, 0.15) is 5.75 Å². The number of hydrogen-bond donors (Lipinski definition) is 2. The van der Waals surface area contributed by atoms with Gasteiger partial charge in [-0.3, -0.25) is 0 Å². The Balaban J connectivity index is 2.44. The molecule has 17 heavy (non-hydrogen) atoms. The quantitative estimate of drug-likeness (QED) is 0.792. The molecule has 0 aliphatic heterocycles. The molecule has 0 radical (unpaired) electrons. The van der Waals surface area contributed by atoms with Crippen LogP contribution in [0.3, 0.4) is 0 Å². The summed E-state index contributed by atoms with van der Waals surface area (Å²) in [5.74, 6) is 0.781. The van der Waals surface area contributed by atoms with E-state index in [0.29, 0.717) is 5.69 Å². The largest absolute Gasteiger partial charge is 0.496 e. The molecular formula is C14H16N2O. The second-order valence-electron chi connectivity index (χ2n) is 3.85. The lowest BCUT2D eigenvalue weighted by molar-refractivity contribution is 0.408. The maximum absolute atomic E-state index is 6.23. The lowest BCUT2D eigenvalue weighted by Crippen LogP contribution is -2.14. The molecule has 88 valence electrons. The molecule has 2 rings (SSSR count). The second kappa shape index (κ2) is 4.89. The van der Waals surface area contributed by atoms with E-state index in [-0.39, 0.29) is 6.04 Å². The molecule has 2 aromatic carbocycles. The van der Waals surface area contributed by atoms with E-state index < -0.39 is 0 Å². The van der Waals surface area contributed by atoms with Gasteiger partial charge in [0.15, 0.2) is 0 Å². The fourth-order valence-electron chi connectivity index (χ4n) is 1.89. The maximum Gasteiger partial charge on any atom is 0.123 e. The molecule has 1 unspecified atom stereocenters. The van der Waals surface area contributed by atoms with Gasteiger partial charge in [0.2, 0.25) is 0 Å². The van der Waals surface area contributed by atoms with Crippen molar-refractivity contribution in [1.29, 1.82) is 0 Å². The minimum atomic E-state index is -0.271. The highest BCUT2D eigenvalue weighted by atomic mass is 16.5. The van der Waals surface area contributed by atoms with Gasteiger partial charge in [-0.1, -0.05) is 36.4 Å². The third-order valence-corrected chi connectivity index (χ3v) is 2.81. The topological polar surface area (TPSA) is 61.3 Å².